The summed E-state index contributed by atoms with van der Waals surface area (Å²) < 4.78 is 11.4. The first-order chi connectivity index (χ1) is 13.3. The van der Waals surface area contributed by atoms with Crippen molar-refractivity contribution < 1.29 is 19.3 Å². The van der Waals surface area contributed by atoms with Crippen LogP contribution < -0.4 is 20.9 Å². The number of ether oxygens (including phenoxy) is 2. The largest absolute Gasteiger partial charge is 0.453 e. The number of nitro groups is 2. The first kappa shape index (κ1) is 18.5. The Labute approximate surface area is 158 Å². The van der Waals surface area contributed by atoms with E-state index in [9.17, 15) is 20.2 Å². The number of para-hydroxylation sites is 2. The highest BCUT2D eigenvalue weighted by Crippen LogP contribution is 2.37. The maximum Gasteiger partial charge on any atom is 0.292 e. The molecule has 10 heteroatoms. The van der Waals surface area contributed by atoms with Crippen LogP contribution in [0.1, 0.15) is 0 Å². The van der Waals surface area contributed by atoms with E-state index in [-0.39, 0.29) is 34.2 Å². The minimum Gasteiger partial charge on any atom is -0.453 e. The van der Waals surface area contributed by atoms with E-state index in [0.29, 0.717) is 11.5 Å². The topological polar surface area (TPSA) is 157 Å². The molecule has 0 aliphatic carbocycles. The van der Waals surface area contributed by atoms with Crippen molar-refractivity contribution in [2.45, 2.75) is 0 Å². The lowest BCUT2D eigenvalue weighted by molar-refractivity contribution is -0.384. The van der Waals surface area contributed by atoms with Gasteiger partial charge in [-0.3, -0.25) is 20.2 Å². The average Bonchev–Trinajstić information content (AvgIpc) is 2.63. The van der Waals surface area contributed by atoms with E-state index < -0.39 is 9.85 Å². The summed E-state index contributed by atoms with van der Waals surface area (Å²) in [5, 5.41) is 21.7. The summed E-state index contributed by atoms with van der Waals surface area (Å²) in [5.74, 6) is 1.19. The minimum absolute atomic E-state index is 0.0379. The predicted molar refractivity (Wildman–Crippen MR) is 102 cm³/mol. The molecule has 4 N–H and O–H groups in total. The van der Waals surface area contributed by atoms with Gasteiger partial charge in [0.1, 0.15) is 22.9 Å². The van der Waals surface area contributed by atoms with Crippen LogP contribution in [0.5, 0.6) is 23.0 Å². The number of rotatable bonds is 6. The Hall–Kier alpha value is -4.34. The minimum atomic E-state index is -0.588. The van der Waals surface area contributed by atoms with Gasteiger partial charge in [-0.15, -0.1) is 0 Å². The van der Waals surface area contributed by atoms with Crippen molar-refractivity contribution in [3.05, 3.63) is 80.9 Å². The molecule has 0 spiro atoms. The summed E-state index contributed by atoms with van der Waals surface area (Å²) >= 11 is 0. The van der Waals surface area contributed by atoms with E-state index in [2.05, 4.69) is 0 Å². The second-order valence-corrected chi connectivity index (χ2v) is 5.61. The fourth-order valence-electron chi connectivity index (χ4n) is 2.40. The Kier molecular flexibility index (Phi) is 4.94. The molecule has 3 rings (SSSR count). The molecule has 0 aromatic heterocycles. The predicted octanol–water partition coefficient (Wildman–Crippen LogP) is 4.25. The first-order valence-corrected chi connectivity index (χ1v) is 7.87. The van der Waals surface area contributed by atoms with Gasteiger partial charge in [0.25, 0.3) is 11.4 Å². The van der Waals surface area contributed by atoms with Gasteiger partial charge in [-0.25, -0.2) is 0 Å². The summed E-state index contributed by atoms with van der Waals surface area (Å²) in [7, 11) is 0. The molecule has 3 aromatic carbocycles. The average molecular weight is 382 g/mol. The van der Waals surface area contributed by atoms with Gasteiger partial charge in [0.05, 0.1) is 9.85 Å². The smallest absolute Gasteiger partial charge is 0.292 e. The van der Waals surface area contributed by atoms with Gasteiger partial charge in [-0.2, -0.15) is 0 Å². The lowest BCUT2D eigenvalue weighted by Gasteiger charge is -2.13. The number of nitro benzene ring substituents is 2. The molecule has 0 saturated carbocycles. The summed E-state index contributed by atoms with van der Waals surface area (Å²) in [5.41, 5.74) is 10.8. The van der Waals surface area contributed by atoms with Gasteiger partial charge < -0.3 is 20.9 Å². The van der Waals surface area contributed by atoms with Crippen molar-refractivity contribution in [1.29, 1.82) is 0 Å². The standard InChI is InChI=1S/C18H14N4O6/c19-13-9-11(5-7-15(13)21(23)24)27-17-3-1-2-4-18(17)28-12-6-8-16(22(25)26)14(20)10-12/h1-10H,19-20H2. The molecule has 0 radical (unpaired) electrons. The third kappa shape index (κ3) is 3.90. The Morgan fingerprint density at radius 3 is 1.39 bits per heavy atom. The molecule has 0 unspecified atom stereocenters. The number of hydrogen-bond acceptors (Lipinski definition) is 8. The van der Waals surface area contributed by atoms with Gasteiger partial charge >= 0.3 is 0 Å². The summed E-state index contributed by atoms with van der Waals surface area (Å²) in [6, 6.07) is 14.6. The fourth-order valence-corrected chi connectivity index (χ4v) is 2.40. The van der Waals surface area contributed by atoms with Crippen LogP contribution >= 0.6 is 0 Å². The van der Waals surface area contributed by atoms with Crippen LogP contribution in [0.25, 0.3) is 0 Å². The second-order valence-electron chi connectivity index (χ2n) is 5.61. The van der Waals surface area contributed by atoms with Crippen LogP contribution in [0.15, 0.2) is 60.7 Å². The van der Waals surface area contributed by atoms with Crippen LogP contribution in [0.2, 0.25) is 0 Å². The fraction of sp³-hybridized carbons (Fsp3) is 0. The molecule has 0 aliphatic rings. The quantitative estimate of drug-likeness (QED) is 0.364. The summed E-state index contributed by atoms with van der Waals surface area (Å²) in [6.45, 7) is 0. The van der Waals surface area contributed by atoms with Crippen molar-refractivity contribution in [1.82, 2.24) is 0 Å². The normalized spacial score (nSPS) is 10.3. The first-order valence-electron chi connectivity index (χ1n) is 7.87. The molecule has 0 fully saturated rings. The van der Waals surface area contributed by atoms with E-state index in [1.807, 2.05) is 0 Å². The Bertz CT molecular complexity index is 985. The Morgan fingerprint density at radius 1 is 0.679 bits per heavy atom. The molecule has 0 heterocycles. The van der Waals surface area contributed by atoms with E-state index in [1.165, 1.54) is 36.4 Å². The van der Waals surface area contributed by atoms with Crippen LogP contribution in [0, 0.1) is 20.2 Å². The second kappa shape index (κ2) is 7.50. The molecule has 28 heavy (non-hydrogen) atoms. The molecule has 142 valence electrons. The lowest BCUT2D eigenvalue weighted by Crippen LogP contribution is -1.97. The number of nitrogens with zero attached hydrogens (tertiary/aromatic N) is 2. The van der Waals surface area contributed by atoms with Crippen LogP contribution in [-0.2, 0) is 0 Å². The Morgan fingerprint density at radius 2 is 1.07 bits per heavy atom. The van der Waals surface area contributed by atoms with Crippen molar-refractivity contribution >= 4 is 22.7 Å². The zero-order valence-electron chi connectivity index (χ0n) is 14.3. The maximum atomic E-state index is 10.9. The number of nitrogens with two attached hydrogens (primary N) is 2. The molecule has 10 nitrogen and oxygen atoms in total. The molecule has 3 aromatic rings. The summed E-state index contributed by atoms with van der Waals surface area (Å²) in [4.78, 5) is 20.5. The van der Waals surface area contributed by atoms with Crippen molar-refractivity contribution in [3.8, 4) is 23.0 Å². The van der Waals surface area contributed by atoms with E-state index >= 15 is 0 Å². The number of anilines is 2. The molecule has 0 amide bonds. The third-order valence-electron chi connectivity index (χ3n) is 3.70. The van der Waals surface area contributed by atoms with Crippen molar-refractivity contribution in [2.75, 3.05) is 11.5 Å². The van der Waals surface area contributed by atoms with Gasteiger partial charge in [-0.05, 0) is 24.3 Å². The molecule has 0 bridgehead atoms. The number of nitrogen functional groups attached to an aromatic ring is 2. The van der Waals surface area contributed by atoms with Crippen LogP contribution in [-0.4, -0.2) is 9.85 Å². The van der Waals surface area contributed by atoms with E-state index in [0.717, 1.165) is 0 Å². The lowest BCUT2D eigenvalue weighted by atomic mass is 10.2. The van der Waals surface area contributed by atoms with Crippen molar-refractivity contribution in [3.63, 3.8) is 0 Å². The number of hydrogen-bond donors (Lipinski definition) is 2. The van der Waals surface area contributed by atoms with Gasteiger partial charge in [-0.1, -0.05) is 12.1 Å². The van der Waals surface area contributed by atoms with Gasteiger partial charge in [0.2, 0.25) is 0 Å². The highest BCUT2D eigenvalue weighted by Gasteiger charge is 2.15. The zero-order chi connectivity index (χ0) is 20.3. The zero-order valence-corrected chi connectivity index (χ0v) is 14.3. The van der Waals surface area contributed by atoms with Crippen LogP contribution in [0.4, 0.5) is 22.7 Å². The molecular weight excluding hydrogens is 368 g/mol. The number of benzene rings is 3. The molecule has 0 aliphatic heterocycles. The van der Waals surface area contributed by atoms with Gasteiger partial charge in [0, 0.05) is 24.3 Å². The van der Waals surface area contributed by atoms with E-state index in [1.54, 1.807) is 24.3 Å². The molecule has 0 atom stereocenters. The molecular formula is C18H14N4O6. The van der Waals surface area contributed by atoms with Crippen molar-refractivity contribution in [2.24, 2.45) is 0 Å². The SMILES string of the molecule is Nc1cc(Oc2ccccc2Oc2ccc([N+](=O)[O-])c(N)c2)ccc1[N+](=O)[O-]. The summed E-state index contributed by atoms with van der Waals surface area (Å²) in [6.07, 6.45) is 0. The van der Waals surface area contributed by atoms with Gasteiger partial charge in [0.15, 0.2) is 11.5 Å². The Balaban J connectivity index is 1.86. The van der Waals surface area contributed by atoms with E-state index in [4.69, 9.17) is 20.9 Å². The highest BCUT2D eigenvalue weighted by molar-refractivity contribution is 5.62. The highest BCUT2D eigenvalue weighted by atomic mass is 16.6. The third-order valence-corrected chi connectivity index (χ3v) is 3.70. The molecule has 0 saturated heterocycles. The van der Waals surface area contributed by atoms with Crippen LogP contribution in [0.3, 0.4) is 0 Å². The maximum absolute atomic E-state index is 10.9. The monoisotopic (exact) mass is 382 g/mol.